The number of aromatic nitrogens is 1. The standard InChI is InChI=1S/C17H21N3O/c1-3-15-16(8-9-20-17(15)18)14-6-4-13(5-7-14)12-19-10-11-21-2/h3-9,19H,1,10-12H2,2H3,(H2,18,20). The van der Waals surface area contributed by atoms with Gasteiger partial charge in [0.15, 0.2) is 0 Å². The molecule has 1 heterocycles. The van der Waals surface area contributed by atoms with Gasteiger partial charge in [0.1, 0.15) is 5.82 Å². The van der Waals surface area contributed by atoms with E-state index in [2.05, 4.69) is 41.1 Å². The maximum Gasteiger partial charge on any atom is 0.131 e. The van der Waals surface area contributed by atoms with Crippen LogP contribution < -0.4 is 11.1 Å². The smallest absolute Gasteiger partial charge is 0.131 e. The number of nitrogens with zero attached hydrogens (tertiary/aromatic N) is 1. The van der Waals surface area contributed by atoms with Crippen molar-refractivity contribution in [2.75, 3.05) is 26.0 Å². The zero-order valence-electron chi connectivity index (χ0n) is 12.3. The van der Waals surface area contributed by atoms with Crippen molar-refractivity contribution in [1.82, 2.24) is 10.3 Å². The third kappa shape index (κ3) is 3.90. The number of anilines is 1. The highest BCUT2D eigenvalue weighted by Gasteiger charge is 2.06. The number of nitrogens with two attached hydrogens (primary N) is 1. The fourth-order valence-electron chi connectivity index (χ4n) is 2.16. The van der Waals surface area contributed by atoms with Crippen molar-refractivity contribution in [3.8, 4) is 11.1 Å². The lowest BCUT2D eigenvalue weighted by atomic mass is 10.00. The predicted octanol–water partition coefficient (Wildman–Crippen LogP) is 2.71. The molecule has 0 aliphatic carbocycles. The lowest BCUT2D eigenvalue weighted by Gasteiger charge is -2.09. The highest BCUT2D eigenvalue weighted by Crippen LogP contribution is 2.27. The topological polar surface area (TPSA) is 60.2 Å². The predicted molar refractivity (Wildman–Crippen MR) is 87.8 cm³/mol. The van der Waals surface area contributed by atoms with Crippen molar-refractivity contribution in [2.24, 2.45) is 0 Å². The Morgan fingerprint density at radius 2 is 2.05 bits per heavy atom. The number of hydrogen-bond acceptors (Lipinski definition) is 4. The average Bonchev–Trinajstić information content (AvgIpc) is 2.52. The summed E-state index contributed by atoms with van der Waals surface area (Å²) >= 11 is 0. The molecule has 4 heteroatoms. The molecule has 0 aliphatic rings. The second-order valence-electron chi connectivity index (χ2n) is 4.73. The summed E-state index contributed by atoms with van der Waals surface area (Å²) in [5.74, 6) is 0.507. The van der Waals surface area contributed by atoms with Crippen LogP contribution in [0.5, 0.6) is 0 Å². The quantitative estimate of drug-likeness (QED) is 0.767. The zero-order chi connectivity index (χ0) is 15.1. The molecule has 4 nitrogen and oxygen atoms in total. The van der Waals surface area contributed by atoms with Gasteiger partial charge in [-0.15, -0.1) is 0 Å². The van der Waals surface area contributed by atoms with Gasteiger partial charge in [0, 0.05) is 32.0 Å². The van der Waals surface area contributed by atoms with E-state index >= 15 is 0 Å². The Labute approximate surface area is 125 Å². The minimum Gasteiger partial charge on any atom is -0.383 e. The Kier molecular flexibility index (Phi) is 5.49. The van der Waals surface area contributed by atoms with Crippen LogP contribution in [-0.4, -0.2) is 25.2 Å². The molecule has 0 atom stereocenters. The lowest BCUT2D eigenvalue weighted by molar-refractivity contribution is 0.199. The Morgan fingerprint density at radius 1 is 1.29 bits per heavy atom. The maximum atomic E-state index is 5.89. The second-order valence-corrected chi connectivity index (χ2v) is 4.73. The molecule has 21 heavy (non-hydrogen) atoms. The van der Waals surface area contributed by atoms with Gasteiger partial charge in [-0.05, 0) is 22.8 Å². The highest BCUT2D eigenvalue weighted by atomic mass is 16.5. The molecule has 0 saturated heterocycles. The van der Waals surface area contributed by atoms with Crippen LogP contribution in [0.1, 0.15) is 11.1 Å². The Bertz CT molecular complexity index is 593. The lowest BCUT2D eigenvalue weighted by Crippen LogP contribution is -2.18. The molecule has 2 rings (SSSR count). The molecule has 110 valence electrons. The van der Waals surface area contributed by atoms with E-state index in [0.29, 0.717) is 5.82 Å². The van der Waals surface area contributed by atoms with Gasteiger partial charge in [-0.3, -0.25) is 0 Å². The summed E-state index contributed by atoms with van der Waals surface area (Å²) in [5, 5.41) is 3.32. The third-order valence-electron chi connectivity index (χ3n) is 3.30. The van der Waals surface area contributed by atoms with Gasteiger partial charge < -0.3 is 15.8 Å². The van der Waals surface area contributed by atoms with Crippen LogP contribution in [0.4, 0.5) is 5.82 Å². The van der Waals surface area contributed by atoms with E-state index in [0.717, 1.165) is 36.4 Å². The van der Waals surface area contributed by atoms with Crippen molar-refractivity contribution >= 4 is 11.9 Å². The van der Waals surface area contributed by atoms with Gasteiger partial charge in [0.2, 0.25) is 0 Å². The number of nitrogens with one attached hydrogen (secondary N) is 1. The van der Waals surface area contributed by atoms with Gasteiger partial charge in [-0.2, -0.15) is 0 Å². The minimum absolute atomic E-state index is 0.507. The van der Waals surface area contributed by atoms with Crippen LogP contribution in [-0.2, 0) is 11.3 Å². The molecule has 0 fully saturated rings. The second kappa shape index (κ2) is 7.57. The van der Waals surface area contributed by atoms with Gasteiger partial charge in [-0.25, -0.2) is 4.98 Å². The number of nitrogen functional groups attached to an aromatic ring is 1. The van der Waals surface area contributed by atoms with Gasteiger partial charge in [0.25, 0.3) is 0 Å². The molecule has 1 aromatic heterocycles. The van der Waals surface area contributed by atoms with E-state index < -0.39 is 0 Å². The zero-order valence-corrected chi connectivity index (χ0v) is 12.3. The van der Waals surface area contributed by atoms with E-state index in [1.165, 1.54) is 5.56 Å². The molecule has 3 N–H and O–H groups in total. The summed E-state index contributed by atoms with van der Waals surface area (Å²) in [6.45, 7) is 6.21. The molecule has 0 saturated carbocycles. The fourth-order valence-corrected chi connectivity index (χ4v) is 2.16. The van der Waals surface area contributed by atoms with Gasteiger partial charge >= 0.3 is 0 Å². The Balaban J connectivity index is 2.12. The van der Waals surface area contributed by atoms with E-state index in [9.17, 15) is 0 Å². The number of rotatable bonds is 7. The molecule has 1 aromatic carbocycles. The van der Waals surface area contributed by atoms with Crippen LogP contribution in [0.25, 0.3) is 17.2 Å². The first-order valence-corrected chi connectivity index (χ1v) is 6.92. The van der Waals surface area contributed by atoms with Crippen molar-refractivity contribution in [3.05, 3.63) is 54.2 Å². The van der Waals surface area contributed by atoms with Crippen molar-refractivity contribution in [2.45, 2.75) is 6.54 Å². The minimum atomic E-state index is 0.507. The average molecular weight is 283 g/mol. The molecule has 0 amide bonds. The van der Waals surface area contributed by atoms with Crippen LogP contribution >= 0.6 is 0 Å². The molecule has 0 radical (unpaired) electrons. The molecule has 0 spiro atoms. The van der Waals surface area contributed by atoms with Crippen molar-refractivity contribution in [1.29, 1.82) is 0 Å². The summed E-state index contributed by atoms with van der Waals surface area (Å²) in [5.41, 5.74) is 10.2. The number of pyridine rings is 1. The number of benzene rings is 1. The van der Waals surface area contributed by atoms with Crippen molar-refractivity contribution in [3.63, 3.8) is 0 Å². The summed E-state index contributed by atoms with van der Waals surface area (Å²) in [6.07, 6.45) is 3.47. The molecule has 0 bridgehead atoms. The van der Waals surface area contributed by atoms with Gasteiger partial charge in [0.05, 0.1) is 6.61 Å². The largest absolute Gasteiger partial charge is 0.383 e. The molecular weight excluding hydrogens is 262 g/mol. The SMILES string of the molecule is C=Cc1c(-c2ccc(CNCCOC)cc2)ccnc1N. The molecule has 0 unspecified atom stereocenters. The third-order valence-corrected chi connectivity index (χ3v) is 3.30. The summed E-state index contributed by atoms with van der Waals surface area (Å²) in [4.78, 5) is 4.10. The normalized spacial score (nSPS) is 10.5. The number of ether oxygens (including phenoxy) is 1. The highest BCUT2D eigenvalue weighted by molar-refractivity contribution is 5.79. The molecule has 2 aromatic rings. The summed E-state index contributed by atoms with van der Waals surface area (Å²) in [7, 11) is 1.70. The maximum absolute atomic E-state index is 5.89. The Morgan fingerprint density at radius 3 is 2.71 bits per heavy atom. The first-order valence-electron chi connectivity index (χ1n) is 6.92. The molecule has 0 aliphatic heterocycles. The number of hydrogen-bond donors (Lipinski definition) is 2. The molecular formula is C17H21N3O. The summed E-state index contributed by atoms with van der Waals surface area (Å²) in [6, 6.07) is 10.4. The monoisotopic (exact) mass is 283 g/mol. The van der Waals surface area contributed by atoms with Crippen LogP contribution in [0.15, 0.2) is 43.1 Å². The first-order chi connectivity index (χ1) is 10.3. The Hall–Kier alpha value is -2.17. The first kappa shape index (κ1) is 15.2. The van der Waals surface area contributed by atoms with E-state index in [1.807, 2.05) is 6.07 Å². The van der Waals surface area contributed by atoms with Crippen molar-refractivity contribution < 1.29 is 4.74 Å². The summed E-state index contributed by atoms with van der Waals surface area (Å²) < 4.78 is 5.00. The van der Waals surface area contributed by atoms with Crippen LogP contribution in [0.3, 0.4) is 0 Å². The number of methoxy groups -OCH3 is 1. The van der Waals surface area contributed by atoms with Crippen LogP contribution in [0.2, 0.25) is 0 Å². The van der Waals surface area contributed by atoms with Gasteiger partial charge in [-0.1, -0.05) is 36.9 Å². The van der Waals surface area contributed by atoms with E-state index in [-0.39, 0.29) is 0 Å². The van der Waals surface area contributed by atoms with Crippen LogP contribution in [0, 0.1) is 0 Å². The fraction of sp³-hybridized carbons (Fsp3) is 0.235. The van der Waals surface area contributed by atoms with E-state index in [1.54, 1.807) is 19.4 Å². The van der Waals surface area contributed by atoms with E-state index in [4.69, 9.17) is 10.5 Å².